The predicted octanol–water partition coefficient (Wildman–Crippen LogP) is 3.44. The van der Waals surface area contributed by atoms with Crippen molar-refractivity contribution in [1.82, 2.24) is 0 Å². The Morgan fingerprint density at radius 2 is 1.77 bits per heavy atom. The lowest BCUT2D eigenvalue weighted by Gasteiger charge is -2.09. The van der Waals surface area contributed by atoms with Gasteiger partial charge in [0.2, 0.25) is 0 Å². The topological polar surface area (TPSA) is 89.3 Å². The molecule has 1 N–H and O–H groups in total. The van der Waals surface area contributed by atoms with Crippen molar-refractivity contribution in [2.45, 2.75) is 4.90 Å². The Balaban J connectivity index is 2.50. The van der Waals surface area contributed by atoms with E-state index in [-0.39, 0.29) is 10.2 Å². The van der Waals surface area contributed by atoms with Crippen LogP contribution in [0.4, 0.5) is 20.2 Å². The van der Waals surface area contributed by atoms with Gasteiger partial charge >= 0.3 is 0 Å². The predicted molar refractivity (Wildman–Crippen MR) is 78.0 cm³/mol. The Hall–Kier alpha value is -2.07. The highest BCUT2D eigenvalue weighted by Crippen LogP contribution is 2.28. The molecule has 6 nitrogen and oxygen atoms in total. The van der Waals surface area contributed by atoms with E-state index in [9.17, 15) is 27.3 Å². The molecule has 0 unspecified atom stereocenters. The number of rotatable bonds is 4. The van der Waals surface area contributed by atoms with E-state index in [1.807, 2.05) is 4.72 Å². The highest BCUT2D eigenvalue weighted by molar-refractivity contribution is 9.10. The number of nitrogens with zero attached hydrogens (tertiary/aromatic N) is 1. The molecular formula is C12H7BrF2N2O4S. The van der Waals surface area contributed by atoms with E-state index in [4.69, 9.17) is 0 Å². The third-order valence-corrected chi connectivity index (χ3v) is 4.60. The number of hydrogen-bond acceptors (Lipinski definition) is 4. The van der Waals surface area contributed by atoms with Gasteiger partial charge in [0.15, 0.2) is 0 Å². The zero-order valence-electron chi connectivity index (χ0n) is 10.6. The van der Waals surface area contributed by atoms with Gasteiger partial charge in [-0.2, -0.15) is 0 Å². The second kappa shape index (κ2) is 5.97. The number of nitrogens with one attached hydrogen (secondary N) is 1. The first-order valence-electron chi connectivity index (χ1n) is 5.63. The first-order valence-corrected chi connectivity index (χ1v) is 7.91. The van der Waals surface area contributed by atoms with E-state index in [1.165, 1.54) is 12.1 Å². The van der Waals surface area contributed by atoms with Gasteiger partial charge in [-0.1, -0.05) is 12.1 Å². The lowest BCUT2D eigenvalue weighted by Crippen LogP contribution is -2.16. The van der Waals surface area contributed by atoms with Crippen molar-refractivity contribution in [3.05, 3.63) is 62.6 Å². The van der Waals surface area contributed by atoms with Gasteiger partial charge in [0, 0.05) is 6.07 Å². The molecule has 116 valence electrons. The van der Waals surface area contributed by atoms with Crippen LogP contribution in [0.15, 0.2) is 45.8 Å². The average molecular weight is 393 g/mol. The fourth-order valence-electron chi connectivity index (χ4n) is 1.63. The van der Waals surface area contributed by atoms with Crippen molar-refractivity contribution in [3.8, 4) is 0 Å². The molecule has 0 atom stereocenters. The minimum atomic E-state index is -4.53. The summed E-state index contributed by atoms with van der Waals surface area (Å²) < 4.78 is 53.0. The molecule has 10 heteroatoms. The Morgan fingerprint density at radius 3 is 2.41 bits per heavy atom. The van der Waals surface area contributed by atoms with Gasteiger partial charge in [0.1, 0.15) is 22.2 Å². The van der Waals surface area contributed by atoms with Crippen LogP contribution >= 0.6 is 15.9 Å². The summed E-state index contributed by atoms with van der Waals surface area (Å²) in [5.74, 6) is -2.18. The number of nitro benzene ring substituents is 1. The average Bonchev–Trinajstić information content (AvgIpc) is 2.42. The number of sulfonamides is 1. The maximum Gasteiger partial charge on any atom is 0.293 e. The van der Waals surface area contributed by atoms with E-state index < -0.39 is 37.2 Å². The molecule has 0 aliphatic carbocycles. The molecule has 2 rings (SSSR count). The molecule has 2 aromatic rings. The number of anilines is 1. The van der Waals surface area contributed by atoms with Gasteiger partial charge in [-0.3, -0.25) is 14.8 Å². The number of para-hydroxylation sites is 2. The van der Waals surface area contributed by atoms with Crippen molar-refractivity contribution < 1.29 is 22.1 Å². The highest BCUT2D eigenvalue weighted by atomic mass is 79.9. The largest absolute Gasteiger partial charge is 0.293 e. The molecule has 0 aliphatic rings. The van der Waals surface area contributed by atoms with E-state index in [1.54, 1.807) is 0 Å². The van der Waals surface area contributed by atoms with Crippen molar-refractivity contribution in [2.24, 2.45) is 0 Å². The molecule has 0 saturated carbocycles. The quantitative estimate of drug-likeness (QED) is 0.490. The second-order valence-corrected chi connectivity index (χ2v) is 6.58. The molecular weight excluding hydrogens is 386 g/mol. The highest BCUT2D eigenvalue weighted by Gasteiger charge is 2.24. The summed E-state index contributed by atoms with van der Waals surface area (Å²) in [5.41, 5.74) is -0.862. The molecule has 0 heterocycles. The number of benzene rings is 2. The zero-order chi connectivity index (χ0) is 16.5. The van der Waals surface area contributed by atoms with Gasteiger partial charge in [-0.15, -0.1) is 0 Å². The van der Waals surface area contributed by atoms with Crippen molar-refractivity contribution in [2.75, 3.05) is 4.72 Å². The molecule has 22 heavy (non-hydrogen) atoms. The Bertz CT molecular complexity index is 858. The fraction of sp³-hybridized carbons (Fsp3) is 0. The van der Waals surface area contributed by atoms with Gasteiger partial charge in [0.05, 0.1) is 9.40 Å². The van der Waals surface area contributed by atoms with Crippen LogP contribution in [-0.4, -0.2) is 13.3 Å². The fourth-order valence-corrected chi connectivity index (χ4v) is 3.09. The molecule has 0 spiro atoms. The minimum absolute atomic E-state index is 0.241. The van der Waals surface area contributed by atoms with Crippen LogP contribution in [0.3, 0.4) is 0 Å². The minimum Gasteiger partial charge on any atom is -0.273 e. The smallest absolute Gasteiger partial charge is 0.273 e. The molecule has 0 aliphatic heterocycles. The summed E-state index contributed by atoms with van der Waals surface area (Å²) in [7, 11) is -4.53. The number of halogens is 3. The maximum absolute atomic E-state index is 13.7. The van der Waals surface area contributed by atoms with Crippen LogP contribution in [0.1, 0.15) is 0 Å². The molecule has 0 aromatic heterocycles. The molecule has 0 amide bonds. The summed E-state index contributed by atoms with van der Waals surface area (Å²) in [6, 6.07) is 6.07. The van der Waals surface area contributed by atoms with Crippen LogP contribution in [-0.2, 0) is 10.0 Å². The van der Waals surface area contributed by atoms with E-state index in [0.29, 0.717) is 12.1 Å². The zero-order valence-corrected chi connectivity index (χ0v) is 13.0. The Kier molecular flexibility index (Phi) is 4.42. The molecule has 0 fully saturated rings. The second-order valence-electron chi connectivity index (χ2n) is 4.08. The lowest BCUT2D eigenvalue weighted by molar-refractivity contribution is -0.383. The lowest BCUT2D eigenvalue weighted by atomic mass is 10.3. The van der Waals surface area contributed by atoms with Gasteiger partial charge in [0.25, 0.3) is 15.7 Å². The van der Waals surface area contributed by atoms with Gasteiger partial charge in [-0.25, -0.2) is 17.2 Å². The third kappa shape index (κ3) is 3.22. The molecule has 0 saturated heterocycles. The van der Waals surface area contributed by atoms with Crippen LogP contribution in [0, 0.1) is 21.7 Å². The Labute approximate surface area is 132 Å². The maximum atomic E-state index is 13.7. The van der Waals surface area contributed by atoms with Gasteiger partial charge in [-0.05, 0) is 34.1 Å². The molecule has 2 aromatic carbocycles. The van der Waals surface area contributed by atoms with E-state index in [0.717, 1.165) is 12.1 Å². The van der Waals surface area contributed by atoms with Crippen LogP contribution < -0.4 is 4.72 Å². The van der Waals surface area contributed by atoms with Crippen LogP contribution in [0.25, 0.3) is 0 Å². The van der Waals surface area contributed by atoms with Crippen LogP contribution in [0.5, 0.6) is 0 Å². The molecule has 0 radical (unpaired) electrons. The molecule has 0 bridgehead atoms. The van der Waals surface area contributed by atoms with E-state index in [2.05, 4.69) is 15.9 Å². The number of hydrogen-bond donors (Lipinski definition) is 1. The normalized spacial score (nSPS) is 11.2. The standard InChI is InChI=1S/C12H7BrF2N2O4S/c13-7-5-9(15)12(6-8(7)14)22(20,21)16-10-3-1-2-4-11(10)17(18)19/h1-6,16H. The summed E-state index contributed by atoms with van der Waals surface area (Å²) in [6.07, 6.45) is 0. The summed E-state index contributed by atoms with van der Waals surface area (Å²) in [6.45, 7) is 0. The van der Waals surface area contributed by atoms with Crippen LogP contribution in [0.2, 0.25) is 0 Å². The van der Waals surface area contributed by atoms with Crippen molar-refractivity contribution in [3.63, 3.8) is 0 Å². The monoisotopic (exact) mass is 392 g/mol. The number of nitro groups is 1. The van der Waals surface area contributed by atoms with Gasteiger partial charge < -0.3 is 0 Å². The van der Waals surface area contributed by atoms with Crippen molar-refractivity contribution in [1.29, 1.82) is 0 Å². The first-order chi connectivity index (χ1) is 10.2. The van der Waals surface area contributed by atoms with E-state index >= 15 is 0 Å². The van der Waals surface area contributed by atoms with Crippen molar-refractivity contribution >= 4 is 37.3 Å². The third-order valence-electron chi connectivity index (χ3n) is 2.61. The summed E-state index contributed by atoms with van der Waals surface area (Å²) in [4.78, 5) is 9.09. The SMILES string of the molecule is O=[N+]([O-])c1ccccc1NS(=O)(=O)c1cc(F)c(Br)cc1F. The summed E-state index contributed by atoms with van der Waals surface area (Å²) >= 11 is 2.72. The first kappa shape index (κ1) is 16.3. The Morgan fingerprint density at radius 1 is 1.14 bits per heavy atom. The summed E-state index contributed by atoms with van der Waals surface area (Å²) in [5, 5.41) is 10.8.